The highest BCUT2D eigenvalue weighted by Crippen LogP contribution is 2.61. The van der Waals surface area contributed by atoms with Crippen molar-refractivity contribution in [2.75, 3.05) is 0 Å². The molecule has 16 heavy (non-hydrogen) atoms. The third-order valence-electron chi connectivity index (χ3n) is 1.88. The van der Waals surface area contributed by atoms with E-state index in [0.717, 1.165) is 0 Å². The number of hydrogen-bond donors (Lipinski definition) is 5. The minimum absolute atomic E-state index is 0.131. The fraction of sp³-hybridized carbons (Fsp3) is 0.833. The number of hydrogen-bond acceptors (Lipinski definition) is 3. The molecule has 10 heteroatoms. The minimum Gasteiger partial charge on any atom is -0.481 e. The third kappa shape index (κ3) is 6.70. The standard InChI is InChI=1S/C6H14O7P2S/c7-5(8)3-1-2-4-6(14(9,10)11)15(12,13)16/h6H,1-4H2,(H,7,8)(H2,9,10,11)(H2,12,13,16). The Bertz CT molecular complexity index is 310. The van der Waals surface area contributed by atoms with Crippen molar-refractivity contribution in [1.82, 2.24) is 0 Å². The monoisotopic (exact) mass is 292 g/mol. The second kappa shape index (κ2) is 6.21. The van der Waals surface area contributed by atoms with Gasteiger partial charge in [-0.3, -0.25) is 9.36 Å². The molecule has 7 nitrogen and oxygen atoms in total. The molecule has 0 aromatic heterocycles. The number of aliphatic carboxylic acids is 1. The summed E-state index contributed by atoms with van der Waals surface area (Å²) in [7, 11) is -4.66. The van der Waals surface area contributed by atoms with Crippen LogP contribution in [0.15, 0.2) is 0 Å². The molecule has 0 aromatic rings. The van der Waals surface area contributed by atoms with Crippen molar-refractivity contribution in [2.24, 2.45) is 0 Å². The molecule has 0 aliphatic carbocycles. The van der Waals surface area contributed by atoms with Gasteiger partial charge in [-0.2, -0.15) is 0 Å². The second-order valence-electron chi connectivity index (χ2n) is 3.30. The summed E-state index contributed by atoms with van der Waals surface area (Å²) < 4.78 is 10.9. The second-order valence-corrected chi connectivity index (χ2v) is 8.92. The van der Waals surface area contributed by atoms with Crippen molar-refractivity contribution < 1.29 is 34.0 Å². The van der Waals surface area contributed by atoms with E-state index in [9.17, 15) is 9.36 Å². The van der Waals surface area contributed by atoms with Gasteiger partial charge in [0, 0.05) is 6.42 Å². The van der Waals surface area contributed by atoms with E-state index in [1.54, 1.807) is 0 Å². The fourth-order valence-corrected chi connectivity index (χ4v) is 5.16. The summed E-state index contributed by atoms with van der Waals surface area (Å²) in [5.74, 6) is -1.01. The first-order valence-corrected chi connectivity index (χ1v) is 8.83. The Labute approximate surface area is 97.5 Å². The molecule has 0 bridgehead atoms. The highest BCUT2D eigenvalue weighted by atomic mass is 32.5. The lowest BCUT2D eigenvalue weighted by molar-refractivity contribution is -0.137. The smallest absolute Gasteiger partial charge is 0.338 e. The predicted molar refractivity (Wildman–Crippen MR) is 60.7 cm³/mol. The Kier molecular flexibility index (Phi) is 6.29. The molecule has 0 heterocycles. The molecule has 0 aromatic carbocycles. The van der Waals surface area contributed by atoms with Crippen LogP contribution in [0.3, 0.4) is 0 Å². The largest absolute Gasteiger partial charge is 0.481 e. The predicted octanol–water partition coefficient (Wildman–Crippen LogP) is 0.429. The van der Waals surface area contributed by atoms with Crippen molar-refractivity contribution in [3.63, 3.8) is 0 Å². The first-order valence-electron chi connectivity index (χ1n) is 4.37. The quantitative estimate of drug-likeness (QED) is 0.337. The van der Waals surface area contributed by atoms with Gasteiger partial charge in [-0.25, -0.2) is 0 Å². The Hall–Kier alpha value is 0.190. The van der Waals surface area contributed by atoms with E-state index < -0.39 is 25.5 Å². The summed E-state index contributed by atoms with van der Waals surface area (Å²) in [6.45, 7) is -4.04. The van der Waals surface area contributed by atoms with Crippen LogP contribution in [0.4, 0.5) is 0 Å². The Morgan fingerprint density at radius 3 is 2.00 bits per heavy atom. The molecule has 1 unspecified atom stereocenters. The molecular weight excluding hydrogens is 278 g/mol. The highest BCUT2D eigenvalue weighted by Gasteiger charge is 2.38. The fourth-order valence-electron chi connectivity index (χ4n) is 1.14. The molecule has 0 amide bonds. The molecule has 0 spiro atoms. The van der Waals surface area contributed by atoms with E-state index in [-0.39, 0.29) is 25.7 Å². The molecule has 0 aliphatic rings. The molecule has 0 saturated carbocycles. The molecule has 0 aliphatic heterocycles. The van der Waals surface area contributed by atoms with Crippen LogP contribution in [-0.2, 0) is 21.2 Å². The van der Waals surface area contributed by atoms with Gasteiger partial charge in [-0.15, -0.1) is 0 Å². The van der Waals surface area contributed by atoms with Crippen LogP contribution in [0.1, 0.15) is 25.7 Å². The molecule has 1 atom stereocenters. The molecule has 0 rings (SSSR count). The Morgan fingerprint density at radius 2 is 1.69 bits per heavy atom. The zero-order valence-electron chi connectivity index (χ0n) is 8.26. The van der Waals surface area contributed by atoms with Crippen molar-refractivity contribution in [2.45, 2.75) is 31.1 Å². The van der Waals surface area contributed by atoms with E-state index >= 15 is 0 Å². The molecule has 5 N–H and O–H groups in total. The summed E-state index contributed by atoms with van der Waals surface area (Å²) >= 11 is 4.27. The topological polar surface area (TPSA) is 135 Å². The van der Waals surface area contributed by atoms with Gasteiger partial charge in [0.15, 0.2) is 6.49 Å². The Morgan fingerprint density at radius 1 is 1.19 bits per heavy atom. The van der Waals surface area contributed by atoms with E-state index in [1.165, 1.54) is 0 Å². The molecule has 0 fully saturated rings. The lowest BCUT2D eigenvalue weighted by Crippen LogP contribution is -2.09. The number of carbonyl (C=O) groups is 1. The van der Waals surface area contributed by atoms with E-state index in [0.29, 0.717) is 0 Å². The highest BCUT2D eigenvalue weighted by molar-refractivity contribution is 8.11. The first-order chi connectivity index (χ1) is 7.05. The summed E-state index contributed by atoms with van der Waals surface area (Å²) in [4.78, 5) is 46.1. The summed E-state index contributed by atoms with van der Waals surface area (Å²) in [5, 5.41) is 6.67. The zero-order chi connectivity index (χ0) is 13.0. The van der Waals surface area contributed by atoms with Crippen LogP contribution < -0.4 is 0 Å². The zero-order valence-corrected chi connectivity index (χ0v) is 10.9. The molecule has 96 valence electrons. The summed E-state index contributed by atoms with van der Waals surface area (Å²) in [6.07, 6.45) is 0.0538. The van der Waals surface area contributed by atoms with Gasteiger partial charge in [0.1, 0.15) is 5.40 Å². The van der Waals surface area contributed by atoms with Gasteiger partial charge in [0.05, 0.1) is 0 Å². The van der Waals surface area contributed by atoms with Gasteiger partial charge >= 0.3 is 13.6 Å². The first kappa shape index (κ1) is 16.2. The Balaban J connectivity index is 4.32. The van der Waals surface area contributed by atoms with Crippen molar-refractivity contribution in [3.8, 4) is 0 Å². The van der Waals surface area contributed by atoms with Crippen molar-refractivity contribution in [1.29, 1.82) is 0 Å². The SMILES string of the molecule is O=C(O)CCCCC(P(=O)(O)O)P(O)(O)=S. The minimum atomic E-state index is -4.66. The van der Waals surface area contributed by atoms with Crippen LogP contribution in [0.2, 0.25) is 0 Å². The maximum Gasteiger partial charge on any atom is 0.338 e. The van der Waals surface area contributed by atoms with Crippen LogP contribution >= 0.6 is 14.1 Å². The molecule has 0 saturated heterocycles. The van der Waals surface area contributed by atoms with Crippen LogP contribution in [0, 0.1) is 0 Å². The summed E-state index contributed by atoms with van der Waals surface area (Å²) in [5.41, 5.74) is 0. The molecular formula is C6H14O7P2S. The maximum absolute atomic E-state index is 10.9. The van der Waals surface area contributed by atoms with E-state index in [1.807, 2.05) is 0 Å². The van der Waals surface area contributed by atoms with Gasteiger partial charge in [0.2, 0.25) is 0 Å². The van der Waals surface area contributed by atoms with Gasteiger partial charge < -0.3 is 24.7 Å². The lowest BCUT2D eigenvalue weighted by atomic mass is 10.2. The third-order valence-corrected chi connectivity index (χ3v) is 7.05. The van der Waals surface area contributed by atoms with Gasteiger partial charge in [-0.1, -0.05) is 6.42 Å². The van der Waals surface area contributed by atoms with Gasteiger partial charge in [-0.05, 0) is 24.6 Å². The number of carboxylic acids is 1. The average molecular weight is 292 g/mol. The van der Waals surface area contributed by atoms with Crippen molar-refractivity contribution >= 4 is 31.9 Å². The lowest BCUT2D eigenvalue weighted by Gasteiger charge is -2.21. The maximum atomic E-state index is 10.9. The van der Waals surface area contributed by atoms with E-state index in [2.05, 4.69) is 11.8 Å². The van der Waals surface area contributed by atoms with E-state index in [4.69, 9.17) is 24.7 Å². The summed E-state index contributed by atoms with van der Waals surface area (Å²) in [6, 6.07) is 0. The van der Waals surface area contributed by atoms with Crippen LogP contribution in [-0.4, -0.2) is 36.0 Å². The normalized spacial score (nSPS) is 14.8. The van der Waals surface area contributed by atoms with Crippen molar-refractivity contribution in [3.05, 3.63) is 0 Å². The van der Waals surface area contributed by atoms with Gasteiger partial charge in [0.25, 0.3) is 0 Å². The van der Waals surface area contributed by atoms with Crippen LogP contribution in [0.5, 0.6) is 0 Å². The van der Waals surface area contributed by atoms with Crippen LogP contribution in [0.25, 0.3) is 0 Å². The number of carboxylic acid groups (broad SMARTS) is 1. The molecule has 0 radical (unpaired) electrons. The number of unbranched alkanes of at least 4 members (excludes halogenated alkanes) is 1. The number of rotatable bonds is 7. The average Bonchev–Trinajstić information content (AvgIpc) is 1.97.